The van der Waals surface area contributed by atoms with Crippen LogP contribution in [0.4, 0.5) is 17.1 Å². The molecule has 0 atom stereocenters. The van der Waals surface area contributed by atoms with Gasteiger partial charge in [0.05, 0.1) is 22.1 Å². The molecule has 11 rings (SSSR count). The van der Waals surface area contributed by atoms with Crippen molar-refractivity contribution in [1.29, 1.82) is 0 Å². The summed E-state index contributed by atoms with van der Waals surface area (Å²) in [6, 6.07) is 69.8. The Morgan fingerprint density at radius 2 is 1.06 bits per heavy atom. The van der Waals surface area contributed by atoms with Gasteiger partial charge in [-0.05, 0) is 87.9 Å². The number of nitrogens with zero attached hydrogens (tertiary/aromatic N) is 2. The van der Waals surface area contributed by atoms with Gasteiger partial charge in [0.15, 0.2) is 0 Å². The van der Waals surface area contributed by atoms with Gasteiger partial charge in [-0.1, -0.05) is 133 Å². The largest absolute Gasteiger partial charge is 0.456 e. The SMILES string of the molecule is c1ccc(-n2c3cc(-c4ccc(N(c5ccc6ccccc6c5)c5cccc6oc7ccccc7c56)cc4)ccc3c3ccc4ccccc4c32)cc1. The van der Waals surface area contributed by atoms with Crippen LogP contribution in [0.2, 0.25) is 0 Å². The molecule has 53 heavy (non-hydrogen) atoms. The monoisotopic (exact) mass is 676 g/mol. The quantitative estimate of drug-likeness (QED) is 0.181. The minimum absolute atomic E-state index is 0.876. The minimum Gasteiger partial charge on any atom is -0.456 e. The first kappa shape index (κ1) is 29.6. The summed E-state index contributed by atoms with van der Waals surface area (Å²) in [5, 5.41) is 9.63. The Hall–Kier alpha value is -7.10. The van der Waals surface area contributed by atoms with Crippen molar-refractivity contribution in [2.75, 3.05) is 4.90 Å². The summed E-state index contributed by atoms with van der Waals surface area (Å²) in [6.45, 7) is 0. The van der Waals surface area contributed by atoms with Gasteiger partial charge in [-0.15, -0.1) is 0 Å². The predicted molar refractivity (Wildman–Crippen MR) is 223 cm³/mol. The van der Waals surface area contributed by atoms with Gasteiger partial charge >= 0.3 is 0 Å². The standard InChI is InChI=1S/C50H32N2O/c1-2-14-38(15-3-1)52-46-32-37(25-29-42(46)43-30-24-35-12-6-7-16-41(35)50(43)52)34-21-26-39(27-22-34)51(40-28-23-33-11-4-5-13-36(33)31-40)45-18-10-20-48-49(45)44-17-8-9-19-47(44)53-48/h1-32H. The summed E-state index contributed by atoms with van der Waals surface area (Å²) in [6.07, 6.45) is 0. The minimum atomic E-state index is 0.876. The smallest absolute Gasteiger partial charge is 0.137 e. The zero-order valence-electron chi connectivity index (χ0n) is 28.8. The van der Waals surface area contributed by atoms with E-state index in [-0.39, 0.29) is 0 Å². The van der Waals surface area contributed by atoms with Crippen molar-refractivity contribution in [1.82, 2.24) is 4.57 Å². The highest BCUT2D eigenvalue weighted by Crippen LogP contribution is 2.44. The van der Waals surface area contributed by atoms with Gasteiger partial charge in [0.25, 0.3) is 0 Å². The normalized spacial score (nSPS) is 11.8. The van der Waals surface area contributed by atoms with Crippen LogP contribution in [0, 0.1) is 0 Å². The Morgan fingerprint density at radius 3 is 1.92 bits per heavy atom. The van der Waals surface area contributed by atoms with E-state index >= 15 is 0 Å². The molecule has 0 fully saturated rings. The molecule has 2 aromatic heterocycles. The summed E-state index contributed by atoms with van der Waals surface area (Å²) in [5.41, 5.74) is 10.9. The van der Waals surface area contributed by atoms with Crippen molar-refractivity contribution >= 4 is 82.4 Å². The third-order valence-electron chi connectivity index (χ3n) is 10.7. The number of hydrogen-bond acceptors (Lipinski definition) is 2. The van der Waals surface area contributed by atoms with Gasteiger partial charge in [-0.3, -0.25) is 0 Å². The Morgan fingerprint density at radius 1 is 0.396 bits per heavy atom. The zero-order valence-corrected chi connectivity index (χ0v) is 28.8. The van der Waals surface area contributed by atoms with Crippen molar-refractivity contribution < 1.29 is 4.42 Å². The van der Waals surface area contributed by atoms with Crippen LogP contribution in [0.3, 0.4) is 0 Å². The number of aromatic nitrogens is 1. The maximum absolute atomic E-state index is 6.36. The third kappa shape index (κ3) is 4.68. The molecule has 0 bridgehead atoms. The molecule has 2 heterocycles. The topological polar surface area (TPSA) is 21.3 Å². The summed E-state index contributed by atoms with van der Waals surface area (Å²) in [4.78, 5) is 2.36. The van der Waals surface area contributed by atoms with E-state index in [1.807, 2.05) is 12.1 Å². The molecule has 0 aliphatic carbocycles. The highest BCUT2D eigenvalue weighted by atomic mass is 16.3. The molecule has 0 saturated heterocycles. The number of rotatable bonds is 5. The summed E-state index contributed by atoms with van der Waals surface area (Å²) in [5.74, 6) is 0. The average molecular weight is 677 g/mol. The van der Waals surface area contributed by atoms with Crippen molar-refractivity contribution in [3.63, 3.8) is 0 Å². The lowest BCUT2D eigenvalue weighted by Crippen LogP contribution is -2.10. The van der Waals surface area contributed by atoms with Crippen LogP contribution in [0.25, 0.3) is 82.1 Å². The van der Waals surface area contributed by atoms with E-state index in [0.29, 0.717) is 0 Å². The van der Waals surface area contributed by atoms with Gasteiger partial charge in [0.1, 0.15) is 11.2 Å². The lowest BCUT2D eigenvalue weighted by atomic mass is 10.0. The Kier molecular flexibility index (Phi) is 6.55. The third-order valence-corrected chi connectivity index (χ3v) is 10.7. The van der Waals surface area contributed by atoms with Crippen molar-refractivity contribution in [2.45, 2.75) is 0 Å². The van der Waals surface area contributed by atoms with Gasteiger partial charge in [0.2, 0.25) is 0 Å². The Balaban J connectivity index is 1.09. The Labute approximate surface area is 306 Å². The molecular weight excluding hydrogens is 645 g/mol. The van der Waals surface area contributed by atoms with E-state index in [9.17, 15) is 0 Å². The number of benzene rings is 9. The number of furan rings is 1. The second-order valence-corrected chi connectivity index (χ2v) is 13.7. The molecule has 0 aliphatic heterocycles. The number of fused-ring (bicyclic) bond motifs is 9. The fraction of sp³-hybridized carbons (Fsp3) is 0. The van der Waals surface area contributed by atoms with Crippen molar-refractivity contribution in [2.24, 2.45) is 0 Å². The molecule has 0 spiro atoms. The highest BCUT2D eigenvalue weighted by Gasteiger charge is 2.20. The van der Waals surface area contributed by atoms with Gasteiger partial charge < -0.3 is 13.9 Å². The molecule has 0 amide bonds. The maximum Gasteiger partial charge on any atom is 0.137 e. The predicted octanol–water partition coefficient (Wildman–Crippen LogP) is 14.1. The second-order valence-electron chi connectivity index (χ2n) is 13.7. The molecule has 0 N–H and O–H groups in total. The lowest BCUT2D eigenvalue weighted by Gasteiger charge is -2.27. The summed E-state index contributed by atoms with van der Waals surface area (Å²) in [7, 11) is 0. The van der Waals surface area contributed by atoms with Gasteiger partial charge in [-0.2, -0.15) is 0 Å². The molecular formula is C50H32N2O. The first-order chi connectivity index (χ1) is 26.3. The summed E-state index contributed by atoms with van der Waals surface area (Å²) >= 11 is 0. The molecule has 0 aliphatic rings. The fourth-order valence-electron chi connectivity index (χ4n) is 8.29. The van der Waals surface area contributed by atoms with E-state index in [1.54, 1.807) is 0 Å². The van der Waals surface area contributed by atoms with Crippen LogP contribution in [-0.4, -0.2) is 4.57 Å². The van der Waals surface area contributed by atoms with Crippen molar-refractivity contribution in [3.05, 3.63) is 194 Å². The first-order valence-corrected chi connectivity index (χ1v) is 18.1. The summed E-state index contributed by atoms with van der Waals surface area (Å²) < 4.78 is 8.79. The van der Waals surface area contributed by atoms with Crippen LogP contribution in [-0.2, 0) is 0 Å². The molecule has 3 nitrogen and oxygen atoms in total. The average Bonchev–Trinajstić information content (AvgIpc) is 3.78. The van der Waals surface area contributed by atoms with E-state index in [2.05, 4.69) is 191 Å². The zero-order chi connectivity index (χ0) is 34.9. The maximum atomic E-state index is 6.36. The number of hydrogen-bond donors (Lipinski definition) is 0. The first-order valence-electron chi connectivity index (χ1n) is 18.1. The van der Waals surface area contributed by atoms with E-state index in [1.165, 1.54) is 48.9 Å². The van der Waals surface area contributed by atoms with Crippen LogP contribution in [0.15, 0.2) is 199 Å². The van der Waals surface area contributed by atoms with E-state index in [0.717, 1.165) is 50.3 Å². The fourth-order valence-corrected chi connectivity index (χ4v) is 8.29. The molecule has 3 heteroatoms. The van der Waals surface area contributed by atoms with Crippen LogP contribution >= 0.6 is 0 Å². The molecule has 11 aromatic rings. The number of para-hydroxylation sites is 2. The highest BCUT2D eigenvalue weighted by molar-refractivity contribution is 6.19. The van der Waals surface area contributed by atoms with Crippen molar-refractivity contribution in [3.8, 4) is 16.8 Å². The lowest BCUT2D eigenvalue weighted by molar-refractivity contribution is 0.669. The second kappa shape index (κ2) is 11.7. The van der Waals surface area contributed by atoms with Crippen LogP contribution < -0.4 is 4.90 Å². The molecule has 0 saturated carbocycles. The number of anilines is 3. The van der Waals surface area contributed by atoms with Gasteiger partial charge in [-0.25, -0.2) is 0 Å². The molecule has 0 unspecified atom stereocenters. The van der Waals surface area contributed by atoms with Gasteiger partial charge in [0, 0.05) is 38.6 Å². The van der Waals surface area contributed by atoms with E-state index in [4.69, 9.17) is 4.42 Å². The molecule has 9 aromatic carbocycles. The van der Waals surface area contributed by atoms with Crippen LogP contribution in [0.1, 0.15) is 0 Å². The van der Waals surface area contributed by atoms with Crippen LogP contribution in [0.5, 0.6) is 0 Å². The van der Waals surface area contributed by atoms with E-state index < -0.39 is 0 Å². The Bertz CT molecular complexity index is 3170. The molecule has 0 radical (unpaired) electrons. The molecule has 248 valence electrons.